The third-order valence-corrected chi connectivity index (χ3v) is 27.0. The molecule has 5 saturated heterocycles. The zero-order chi connectivity index (χ0) is 91.4. The Bertz CT molecular complexity index is 4010. The van der Waals surface area contributed by atoms with Crippen molar-refractivity contribution in [2.24, 2.45) is 40.5 Å². The molecule has 6 heterocycles. The SMILES string of the molecule is CC(C)[C@@H]1NC(=O)[C@@H]2CSSC[C@@H](C(N)=O)NC(=O)[C@H]([C@@H](C)O)NC(=O)[C@H](CC(N)=O)NC(=O)[C@H](CCCCN)NC(=O)[C@H](CSSC[C@@H]3NC(=O)[C@@H](N)CSSC[C@H](NC(=O)[C@H](C)NC(=O)[C@H](C)NC(=O)[C@H](CC(N)=O)NC(=O)C4C[C@@H](O)CN4C(=O)[C@H](C(C)C)NC(=O)CNC3=O)C(=O)N[C@@H](Cc3cnc[nH]3)C(=O)N3C[C@H](O)C[C@H]3C(=O)N2)NC1=O. The molecule has 0 aromatic carbocycles. The van der Waals surface area contributed by atoms with Gasteiger partial charge in [-0.15, -0.1) is 0 Å². The summed E-state index contributed by atoms with van der Waals surface area (Å²) in [5.41, 5.74) is 29.4. The van der Waals surface area contributed by atoms with Gasteiger partial charge in [0.05, 0.1) is 50.1 Å². The van der Waals surface area contributed by atoms with Crippen LogP contribution < -0.4 is 108 Å². The summed E-state index contributed by atoms with van der Waals surface area (Å²) < 4.78 is 0. The minimum atomic E-state index is -1.95. The van der Waals surface area contributed by atoms with E-state index in [9.17, 15) is 82.4 Å². The molecule has 0 aliphatic carbocycles. The van der Waals surface area contributed by atoms with Crippen molar-refractivity contribution in [3.05, 3.63) is 18.2 Å². The van der Waals surface area contributed by atoms with Crippen LogP contribution in [0.15, 0.2) is 12.5 Å². The molecule has 5 aliphatic heterocycles. The molecule has 5 fully saturated rings. The Morgan fingerprint density at radius 2 is 0.886 bits per heavy atom. The monoisotopic (exact) mass is 1850 g/mol. The highest BCUT2D eigenvalue weighted by Gasteiger charge is 2.47. The van der Waals surface area contributed by atoms with E-state index in [-0.39, 0.29) is 37.3 Å². The molecule has 1 unspecified atom stereocenters. The van der Waals surface area contributed by atoms with E-state index in [1.54, 1.807) is 0 Å². The maximum Gasteiger partial charge on any atom is 0.246 e. The molecule has 0 radical (unpaired) electrons. The summed E-state index contributed by atoms with van der Waals surface area (Å²) in [7, 11) is 4.79. The van der Waals surface area contributed by atoms with Gasteiger partial charge in [0.2, 0.25) is 118 Å². The first kappa shape index (κ1) is 102. The highest BCUT2D eigenvalue weighted by atomic mass is 33.1. The maximum absolute atomic E-state index is 15.4. The third-order valence-electron chi connectivity index (χ3n) is 19.7. The standard InChI is InChI=1S/C70H110N24O23S6/c1-28(2)51-67(114)89-44-25-123-121-23-42-58(105)77-18-50(100)90-52(29(3)4)70(117)94-20-35(97)14-47(94)65(112)83-38(15-48(73)98)60(107)80-30(5)55(102)79-31(6)56(103)86-43(24-120-118-21-36(72)57(104)87-42)63(110)84-40(12-33-17-76-27-78-33)69(116)93-19-34(96)13-46(93)66(113)88-45(64(111)91-51)26-122-119-22-41(54(75)101)85-68(115)53(32(7)95)92-61(108)39(16-49(74)99)82-59(106)37(81-62(44)109)10-8-9-11-71/h17,27-32,34-47,51-53,95-97H,8-16,18-26,71-72H2,1-7H3,(H2,73,98)(H2,74,99)(H2,75,101)(H,76,78)(H,77,105)(H,79,102)(H,80,107)(H,81,109)(H,82,106)(H,83,112)(H,84,110)(H,85,115)(H,86,103)(H,87,104)(H,88,113)(H,89,114)(H,90,100)(H,91,111)(H,92,108)/t30-,31-,32+,34+,35+,36-,37-,38-,39-,40-,41-,42-,43-,44-,45-,46-,47?,51-,52-,53-/m0/s1. The number of fused-ring (bicyclic) bond motifs is 16. The van der Waals surface area contributed by atoms with Gasteiger partial charge in [0.1, 0.15) is 96.7 Å². The lowest BCUT2D eigenvalue weighted by molar-refractivity contribution is -0.143. The van der Waals surface area contributed by atoms with E-state index >= 15 is 28.8 Å². The number of unbranched alkanes of at least 4 members (excludes halogenated alkanes) is 1. The molecule has 20 amide bonds. The van der Waals surface area contributed by atoms with Crippen molar-refractivity contribution in [1.29, 1.82) is 0 Å². The van der Waals surface area contributed by atoms with Crippen molar-refractivity contribution in [1.82, 2.24) is 99.5 Å². The number of hydrogen-bond donors (Lipinski definition) is 24. The molecule has 47 nitrogen and oxygen atoms in total. The number of carbonyl (C=O) groups excluding carboxylic acids is 20. The Labute approximate surface area is 729 Å². The minimum absolute atomic E-state index is 0.0618. The summed E-state index contributed by atoms with van der Waals surface area (Å²) in [6, 6.07) is -28.9. The van der Waals surface area contributed by atoms with Gasteiger partial charge in [-0.2, -0.15) is 0 Å². The van der Waals surface area contributed by atoms with Crippen LogP contribution in [0.25, 0.3) is 0 Å². The summed E-state index contributed by atoms with van der Waals surface area (Å²) in [6.07, 6.45) is -5.23. The minimum Gasteiger partial charge on any atom is -0.391 e. The Morgan fingerprint density at radius 1 is 0.463 bits per heavy atom. The number of amides is 20. The molecule has 20 atom stereocenters. The lowest BCUT2D eigenvalue weighted by atomic mass is 10.0. The van der Waals surface area contributed by atoms with Crippen LogP contribution in [0.4, 0.5) is 0 Å². The molecule has 6 rings (SSSR count). The summed E-state index contributed by atoms with van der Waals surface area (Å²) in [6.45, 7) is 7.46. The Kier molecular flexibility index (Phi) is 41.0. The van der Waals surface area contributed by atoms with Crippen LogP contribution >= 0.6 is 64.8 Å². The summed E-state index contributed by atoms with van der Waals surface area (Å²) in [5, 5.41) is 70.2. The molecule has 1 aromatic rings. The Hall–Kier alpha value is -9.49. The number of aromatic nitrogens is 2. The Balaban J connectivity index is 1.53. The molecular formula is C70H110N24O23S6. The van der Waals surface area contributed by atoms with Crippen LogP contribution in [0.3, 0.4) is 0 Å². The highest BCUT2D eigenvalue weighted by Crippen LogP contribution is 2.29. The second-order valence-corrected chi connectivity index (χ2v) is 38.0. The second kappa shape index (κ2) is 49.3. The van der Waals surface area contributed by atoms with E-state index in [0.29, 0.717) is 0 Å². The second-order valence-electron chi connectivity index (χ2n) is 30.4. The van der Waals surface area contributed by atoms with Crippen LogP contribution in [0.1, 0.15) is 99.1 Å². The quantitative estimate of drug-likeness (QED) is 0.0607. The molecule has 29 N–H and O–H groups in total. The predicted octanol–water partition coefficient (Wildman–Crippen LogP) is -11.6. The van der Waals surface area contributed by atoms with Crippen LogP contribution in [-0.4, -0.2) is 335 Å². The summed E-state index contributed by atoms with van der Waals surface area (Å²) in [5.74, 6) is -26.6. The molecular weight excluding hydrogens is 1740 g/mol. The van der Waals surface area contributed by atoms with Crippen molar-refractivity contribution in [3.8, 4) is 0 Å². The Morgan fingerprint density at radius 3 is 1.40 bits per heavy atom. The number of carbonyl (C=O) groups is 20. The van der Waals surface area contributed by atoms with E-state index < -0.39 is 332 Å². The first-order valence-electron chi connectivity index (χ1n) is 39.2. The molecule has 0 saturated carbocycles. The molecule has 123 heavy (non-hydrogen) atoms. The summed E-state index contributed by atoms with van der Waals surface area (Å²) in [4.78, 5) is 294. The fourth-order valence-electron chi connectivity index (χ4n) is 12.8. The van der Waals surface area contributed by atoms with Crippen LogP contribution in [0, 0.1) is 11.8 Å². The number of hydrogen-bond acceptors (Lipinski definition) is 32. The number of nitrogens with two attached hydrogens (primary N) is 5. The maximum atomic E-state index is 15.4. The number of nitrogens with one attached hydrogen (secondary N) is 16. The van der Waals surface area contributed by atoms with Crippen molar-refractivity contribution in [3.63, 3.8) is 0 Å². The van der Waals surface area contributed by atoms with E-state index in [1.807, 2.05) is 0 Å². The number of primary amides is 3. The van der Waals surface area contributed by atoms with E-state index in [1.165, 1.54) is 47.1 Å². The molecule has 0 spiro atoms. The van der Waals surface area contributed by atoms with Gasteiger partial charge < -0.3 is 139 Å². The first-order valence-corrected chi connectivity index (χ1v) is 46.6. The zero-order valence-electron chi connectivity index (χ0n) is 68.3. The van der Waals surface area contributed by atoms with Crippen molar-refractivity contribution in [2.45, 2.75) is 221 Å². The van der Waals surface area contributed by atoms with E-state index in [0.717, 1.165) is 88.4 Å². The van der Waals surface area contributed by atoms with Gasteiger partial charge in [0.15, 0.2) is 0 Å². The lowest BCUT2D eigenvalue weighted by Crippen LogP contribution is -2.62. The van der Waals surface area contributed by atoms with Crippen molar-refractivity contribution < 1.29 is 111 Å². The average molecular weight is 1850 g/mol. The van der Waals surface area contributed by atoms with Gasteiger partial charge in [-0.25, -0.2) is 4.98 Å². The molecule has 5 aliphatic rings. The molecule has 4 bridgehead atoms. The van der Waals surface area contributed by atoms with Crippen LogP contribution in [-0.2, 0) is 102 Å². The van der Waals surface area contributed by atoms with Crippen molar-refractivity contribution >= 4 is 183 Å². The fraction of sp³-hybridized carbons (Fsp3) is 0.671. The fourth-order valence-corrected chi connectivity index (χ4v) is 19.8. The summed E-state index contributed by atoms with van der Waals surface area (Å²) >= 11 is 0. The predicted molar refractivity (Wildman–Crippen MR) is 450 cm³/mol. The van der Waals surface area contributed by atoms with Gasteiger partial charge in [-0.3, -0.25) is 95.9 Å². The van der Waals surface area contributed by atoms with E-state index in [2.05, 4.69) is 89.7 Å². The van der Waals surface area contributed by atoms with Gasteiger partial charge in [0.25, 0.3) is 0 Å². The number of rotatable bonds is 14. The smallest absolute Gasteiger partial charge is 0.246 e. The van der Waals surface area contributed by atoms with Gasteiger partial charge >= 0.3 is 0 Å². The molecule has 53 heteroatoms. The number of aliphatic hydroxyl groups is 3. The zero-order valence-corrected chi connectivity index (χ0v) is 73.2. The van der Waals surface area contributed by atoms with Gasteiger partial charge in [-0.1, -0.05) is 92.5 Å². The highest BCUT2D eigenvalue weighted by molar-refractivity contribution is 8.77. The lowest BCUT2D eigenvalue weighted by Gasteiger charge is -2.31. The molecule has 684 valence electrons. The number of aromatic amines is 1. The first-order chi connectivity index (χ1) is 58.0. The number of H-pyrrole nitrogens is 1. The third kappa shape index (κ3) is 31.6. The van der Waals surface area contributed by atoms with Crippen LogP contribution in [0.2, 0.25) is 0 Å². The largest absolute Gasteiger partial charge is 0.391 e. The topological polar surface area (TPSA) is 748 Å². The van der Waals surface area contributed by atoms with Crippen LogP contribution in [0.5, 0.6) is 0 Å². The number of aliphatic hydroxyl groups excluding tert-OH is 3. The van der Waals surface area contributed by atoms with Gasteiger partial charge in [-0.05, 0) is 58.4 Å². The number of imidazole rings is 1. The molecule has 1 aromatic heterocycles. The average Bonchev–Trinajstić information content (AvgIpc) is 1.68. The van der Waals surface area contributed by atoms with Gasteiger partial charge in [0, 0.05) is 78.8 Å². The van der Waals surface area contributed by atoms with E-state index in [4.69, 9.17) is 28.7 Å². The normalized spacial score (nSPS) is 30.6. The number of nitrogens with zero attached hydrogens (tertiary/aromatic N) is 3. The van der Waals surface area contributed by atoms with Crippen molar-refractivity contribution in [2.75, 3.05) is 60.7 Å².